The Kier molecular flexibility index (Phi) is 10.3. The Hall–Kier alpha value is -0.650. The van der Waals surface area contributed by atoms with Gasteiger partial charge in [-0.1, -0.05) is 39.0 Å². The summed E-state index contributed by atoms with van der Waals surface area (Å²) in [6, 6.07) is 0. The largest absolute Gasteiger partial charge is 0.394 e. The number of carbonyl (C=O) groups is 1. The highest BCUT2D eigenvalue weighted by Crippen LogP contribution is 2.32. The summed E-state index contributed by atoms with van der Waals surface area (Å²) in [4.78, 5) is 12.0. The highest BCUT2D eigenvalue weighted by Gasteiger charge is 2.42. The standard InChI is InChI=1S/C22H44N2O3/c1-6-7-8-9-12-15-22(24-21(4,5)18-27-22)16-13-10-11-14-19(26)23-20(2,3)17-25/h24-25H,6-18H2,1-5H3,(H,23,26). The number of aliphatic hydroxyl groups excluding tert-OH is 1. The van der Waals surface area contributed by atoms with E-state index >= 15 is 0 Å². The monoisotopic (exact) mass is 384 g/mol. The van der Waals surface area contributed by atoms with Gasteiger partial charge < -0.3 is 15.2 Å². The van der Waals surface area contributed by atoms with Crippen molar-refractivity contribution in [3.63, 3.8) is 0 Å². The van der Waals surface area contributed by atoms with Gasteiger partial charge in [-0.3, -0.25) is 10.1 Å². The summed E-state index contributed by atoms with van der Waals surface area (Å²) < 4.78 is 6.25. The van der Waals surface area contributed by atoms with Crippen LogP contribution in [-0.4, -0.2) is 41.0 Å². The first kappa shape index (κ1) is 24.4. The van der Waals surface area contributed by atoms with Gasteiger partial charge in [0.15, 0.2) is 0 Å². The van der Waals surface area contributed by atoms with Gasteiger partial charge in [-0.2, -0.15) is 0 Å². The van der Waals surface area contributed by atoms with Crippen LogP contribution in [0.2, 0.25) is 0 Å². The van der Waals surface area contributed by atoms with E-state index in [0.29, 0.717) is 6.42 Å². The molecule has 27 heavy (non-hydrogen) atoms. The molecule has 1 atom stereocenters. The highest BCUT2D eigenvalue weighted by atomic mass is 16.5. The zero-order valence-corrected chi connectivity index (χ0v) is 18.5. The number of rotatable bonds is 14. The molecule has 0 saturated carbocycles. The Morgan fingerprint density at radius 2 is 1.67 bits per heavy atom. The van der Waals surface area contributed by atoms with Gasteiger partial charge in [-0.25, -0.2) is 0 Å². The van der Waals surface area contributed by atoms with Crippen molar-refractivity contribution in [3.05, 3.63) is 0 Å². The average molecular weight is 385 g/mol. The lowest BCUT2D eigenvalue weighted by Crippen LogP contribution is -2.48. The quantitative estimate of drug-likeness (QED) is 0.391. The Labute approximate surface area is 167 Å². The minimum atomic E-state index is -0.536. The third-order valence-electron chi connectivity index (χ3n) is 5.32. The lowest BCUT2D eigenvalue weighted by atomic mass is 9.95. The molecule has 0 aliphatic carbocycles. The summed E-state index contributed by atoms with van der Waals surface area (Å²) in [5.74, 6) is 0.0241. The number of unbranched alkanes of at least 4 members (excludes halogenated alkanes) is 6. The molecule has 160 valence electrons. The lowest BCUT2D eigenvalue weighted by Gasteiger charge is -2.31. The van der Waals surface area contributed by atoms with Crippen molar-refractivity contribution in [2.24, 2.45) is 0 Å². The second-order valence-corrected chi connectivity index (χ2v) is 9.61. The molecule has 1 aliphatic heterocycles. The van der Waals surface area contributed by atoms with E-state index in [0.717, 1.165) is 38.7 Å². The molecule has 1 rings (SSSR count). The highest BCUT2D eigenvalue weighted by molar-refractivity contribution is 5.76. The van der Waals surface area contributed by atoms with Crippen molar-refractivity contribution >= 4 is 5.91 Å². The third-order valence-corrected chi connectivity index (χ3v) is 5.32. The van der Waals surface area contributed by atoms with Crippen molar-refractivity contribution in [1.82, 2.24) is 10.6 Å². The van der Waals surface area contributed by atoms with Crippen LogP contribution in [0.3, 0.4) is 0 Å². The number of hydrogen-bond acceptors (Lipinski definition) is 4. The molecule has 1 aliphatic rings. The van der Waals surface area contributed by atoms with Gasteiger partial charge in [-0.05, 0) is 59.8 Å². The molecule has 0 spiro atoms. The molecule has 1 fully saturated rings. The van der Waals surface area contributed by atoms with Gasteiger partial charge >= 0.3 is 0 Å². The summed E-state index contributed by atoms with van der Waals surface area (Å²) in [5, 5.41) is 15.8. The Bertz CT molecular complexity index is 437. The summed E-state index contributed by atoms with van der Waals surface area (Å²) >= 11 is 0. The summed E-state index contributed by atoms with van der Waals surface area (Å²) in [7, 11) is 0. The van der Waals surface area contributed by atoms with Crippen LogP contribution < -0.4 is 10.6 Å². The Morgan fingerprint density at radius 1 is 1.07 bits per heavy atom. The zero-order chi connectivity index (χ0) is 20.4. The van der Waals surface area contributed by atoms with Gasteiger partial charge in [0, 0.05) is 12.0 Å². The maximum Gasteiger partial charge on any atom is 0.220 e. The van der Waals surface area contributed by atoms with Gasteiger partial charge in [0.05, 0.1) is 18.8 Å². The van der Waals surface area contributed by atoms with Crippen LogP contribution in [0.1, 0.15) is 105 Å². The van der Waals surface area contributed by atoms with E-state index in [-0.39, 0.29) is 23.8 Å². The van der Waals surface area contributed by atoms with Crippen LogP contribution >= 0.6 is 0 Å². The first-order valence-corrected chi connectivity index (χ1v) is 11.0. The topological polar surface area (TPSA) is 70.6 Å². The van der Waals surface area contributed by atoms with Crippen molar-refractivity contribution in [3.8, 4) is 0 Å². The predicted octanol–water partition coefficient (Wildman–Crippen LogP) is 4.28. The maximum atomic E-state index is 12.0. The Morgan fingerprint density at radius 3 is 2.19 bits per heavy atom. The fraction of sp³-hybridized carbons (Fsp3) is 0.955. The van der Waals surface area contributed by atoms with Crippen LogP contribution in [0.15, 0.2) is 0 Å². The second-order valence-electron chi connectivity index (χ2n) is 9.61. The normalized spacial score (nSPS) is 22.1. The summed E-state index contributed by atoms with van der Waals surface area (Å²) in [6.07, 6.45) is 12.0. The van der Waals surface area contributed by atoms with Gasteiger partial charge in [0.1, 0.15) is 5.72 Å². The molecule has 5 nitrogen and oxygen atoms in total. The van der Waals surface area contributed by atoms with Crippen LogP contribution in [0.5, 0.6) is 0 Å². The summed E-state index contributed by atoms with van der Waals surface area (Å²) in [5.41, 5.74) is -0.678. The second kappa shape index (κ2) is 11.4. The summed E-state index contributed by atoms with van der Waals surface area (Å²) in [6.45, 7) is 11.0. The number of ether oxygens (including phenoxy) is 1. The molecule has 1 unspecified atom stereocenters. The van der Waals surface area contributed by atoms with Crippen LogP contribution in [0.4, 0.5) is 0 Å². The van der Waals surface area contributed by atoms with Gasteiger partial charge in [-0.15, -0.1) is 0 Å². The molecule has 1 saturated heterocycles. The molecule has 3 N–H and O–H groups in total. The number of amides is 1. The van der Waals surface area contributed by atoms with E-state index in [1.54, 1.807) is 0 Å². The van der Waals surface area contributed by atoms with E-state index in [4.69, 9.17) is 4.74 Å². The van der Waals surface area contributed by atoms with Crippen LogP contribution in [0, 0.1) is 0 Å². The maximum absolute atomic E-state index is 12.0. The lowest BCUT2D eigenvalue weighted by molar-refractivity contribution is -0.123. The molecule has 0 aromatic rings. The number of carbonyl (C=O) groups excluding carboxylic acids is 1. The molecule has 1 heterocycles. The van der Waals surface area contributed by atoms with E-state index in [9.17, 15) is 9.90 Å². The smallest absolute Gasteiger partial charge is 0.220 e. The molecule has 0 bridgehead atoms. The van der Waals surface area contributed by atoms with E-state index in [1.165, 1.54) is 32.1 Å². The van der Waals surface area contributed by atoms with E-state index in [2.05, 4.69) is 31.4 Å². The molecule has 1 amide bonds. The molecule has 0 aromatic carbocycles. The third kappa shape index (κ3) is 9.91. The van der Waals surface area contributed by atoms with Gasteiger partial charge in [0.2, 0.25) is 5.91 Å². The van der Waals surface area contributed by atoms with Crippen LogP contribution in [-0.2, 0) is 9.53 Å². The SMILES string of the molecule is CCCCCCCC1(CCCCCC(=O)NC(C)(C)CO)NC(C)(C)CO1. The van der Waals surface area contributed by atoms with Crippen molar-refractivity contribution in [2.45, 2.75) is 122 Å². The minimum absolute atomic E-state index is 0.0241. The fourth-order valence-electron chi connectivity index (χ4n) is 3.77. The average Bonchev–Trinajstić information content (AvgIpc) is 2.89. The Balaban J connectivity index is 2.32. The van der Waals surface area contributed by atoms with Gasteiger partial charge in [0.25, 0.3) is 0 Å². The van der Waals surface area contributed by atoms with E-state index in [1.807, 2.05) is 13.8 Å². The van der Waals surface area contributed by atoms with Crippen molar-refractivity contribution < 1.29 is 14.6 Å². The zero-order valence-electron chi connectivity index (χ0n) is 18.5. The number of hydrogen-bond donors (Lipinski definition) is 3. The molecule has 0 radical (unpaired) electrons. The number of nitrogens with one attached hydrogen (secondary N) is 2. The molecule has 5 heteroatoms. The molecular formula is C22H44N2O3. The predicted molar refractivity (Wildman–Crippen MR) is 112 cm³/mol. The van der Waals surface area contributed by atoms with E-state index < -0.39 is 5.54 Å². The molecule has 0 aromatic heterocycles. The van der Waals surface area contributed by atoms with Crippen LogP contribution in [0.25, 0.3) is 0 Å². The first-order chi connectivity index (χ1) is 12.6. The van der Waals surface area contributed by atoms with Crippen molar-refractivity contribution in [1.29, 1.82) is 0 Å². The van der Waals surface area contributed by atoms with Crippen molar-refractivity contribution in [2.75, 3.05) is 13.2 Å². The first-order valence-electron chi connectivity index (χ1n) is 11.0. The minimum Gasteiger partial charge on any atom is -0.394 e. The molecular weight excluding hydrogens is 340 g/mol. The number of aliphatic hydroxyl groups is 1. The fourth-order valence-corrected chi connectivity index (χ4v) is 3.77.